The van der Waals surface area contributed by atoms with E-state index in [2.05, 4.69) is 9.88 Å². The summed E-state index contributed by atoms with van der Waals surface area (Å²) in [7, 11) is 0. The second-order valence-corrected chi connectivity index (χ2v) is 5.97. The van der Waals surface area contributed by atoms with Crippen LogP contribution in [0.5, 0.6) is 11.5 Å². The first-order valence-corrected chi connectivity index (χ1v) is 8.14. The number of pyridine rings is 1. The lowest BCUT2D eigenvalue weighted by atomic mass is 10.2. The molecule has 1 aromatic carbocycles. The number of aromatic nitrogens is 1. The van der Waals surface area contributed by atoms with E-state index in [1.54, 1.807) is 11.1 Å². The normalized spacial score (nSPS) is 19.6. The highest BCUT2D eigenvalue weighted by Gasteiger charge is 2.24. The number of benzene rings is 1. The number of likely N-dealkylation sites (tertiary alicyclic amines) is 1. The third kappa shape index (κ3) is 2.87. The van der Waals surface area contributed by atoms with Crippen molar-refractivity contribution in [3.05, 3.63) is 42.7 Å². The van der Waals surface area contributed by atoms with Crippen LogP contribution in [-0.4, -0.2) is 48.6 Å². The quantitative estimate of drug-likeness (QED) is 0.807. The van der Waals surface area contributed by atoms with Crippen LogP contribution in [0.2, 0.25) is 0 Å². The summed E-state index contributed by atoms with van der Waals surface area (Å²) in [6.45, 7) is 2.80. The van der Waals surface area contributed by atoms with Crippen LogP contribution in [0, 0.1) is 0 Å². The van der Waals surface area contributed by atoms with Gasteiger partial charge in [0.25, 0.3) is 0 Å². The lowest BCUT2D eigenvalue weighted by Crippen LogP contribution is -2.29. The molecule has 0 spiro atoms. The van der Waals surface area contributed by atoms with Gasteiger partial charge in [0, 0.05) is 25.2 Å². The van der Waals surface area contributed by atoms with Crippen LogP contribution < -0.4 is 14.4 Å². The minimum Gasteiger partial charge on any atom is -0.490 e. The molecule has 1 amide bonds. The molecule has 0 saturated carbocycles. The van der Waals surface area contributed by atoms with Gasteiger partial charge in [-0.2, -0.15) is 0 Å². The Bertz CT molecular complexity index is 723. The molecule has 1 fully saturated rings. The van der Waals surface area contributed by atoms with Crippen molar-refractivity contribution in [2.24, 2.45) is 0 Å². The summed E-state index contributed by atoms with van der Waals surface area (Å²) in [5.41, 5.74) is 2.02. The molecule has 1 atom stereocenters. The van der Waals surface area contributed by atoms with Crippen LogP contribution >= 0.6 is 0 Å². The molecular weight excluding hydrogens is 306 g/mol. The third-order valence-electron chi connectivity index (χ3n) is 4.38. The molecular formula is C18H19N3O3. The summed E-state index contributed by atoms with van der Waals surface area (Å²) in [4.78, 5) is 19.0. The molecule has 0 unspecified atom stereocenters. The number of nitrogens with zero attached hydrogens (tertiary/aromatic N) is 3. The molecule has 0 N–H and O–H groups in total. The van der Waals surface area contributed by atoms with Gasteiger partial charge in [0.1, 0.15) is 24.2 Å². The fraction of sp³-hybridized carbons (Fsp3) is 0.333. The monoisotopic (exact) mass is 325 g/mol. The van der Waals surface area contributed by atoms with Gasteiger partial charge in [0.15, 0.2) is 0 Å². The summed E-state index contributed by atoms with van der Waals surface area (Å²) in [6.07, 6.45) is 5.40. The van der Waals surface area contributed by atoms with Crippen molar-refractivity contribution < 1.29 is 14.3 Å². The zero-order chi connectivity index (χ0) is 16.4. The van der Waals surface area contributed by atoms with E-state index in [1.165, 1.54) is 0 Å². The topological polar surface area (TPSA) is 54.9 Å². The lowest BCUT2D eigenvalue weighted by Gasteiger charge is -2.31. The summed E-state index contributed by atoms with van der Waals surface area (Å²) in [5.74, 6) is 1.64. The number of hydrogen-bond acceptors (Lipinski definition) is 5. The molecule has 0 radical (unpaired) electrons. The van der Waals surface area contributed by atoms with Crippen molar-refractivity contribution in [2.45, 2.75) is 12.5 Å². The second kappa shape index (κ2) is 6.39. The second-order valence-electron chi connectivity index (χ2n) is 5.97. The number of carbonyl (C=O) groups excluding carboxylic acids is 1. The summed E-state index contributed by atoms with van der Waals surface area (Å²) >= 11 is 0. The Balaban J connectivity index is 1.58. The average molecular weight is 325 g/mol. The van der Waals surface area contributed by atoms with Gasteiger partial charge in [-0.15, -0.1) is 0 Å². The highest BCUT2D eigenvalue weighted by molar-refractivity contribution is 5.71. The number of rotatable bonds is 4. The van der Waals surface area contributed by atoms with E-state index in [4.69, 9.17) is 9.47 Å². The lowest BCUT2D eigenvalue weighted by molar-refractivity contribution is -0.117. The maximum absolute atomic E-state index is 10.8. The molecule has 6 nitrogen and oxygen atoms in total. The molecule has 0 aliphatic carbocycles. The number of amides is 1. The first kappa shape index (κ1) is 14.8. The van der Waals surface area contributed by atoms with Gasteiger partial charge in [-0.1, -0.05) is 0 Å². The Kier molecular flexibility index (Phi) is 3.94. The average Bonchev–Trinajstić information content (AvgIpc) is 3.09. The smallest absolute Gasteiger partial charge is 0.209 e. The molecule has 6 heteroatoms. The Hall–Kier alpha value is -2.76. The molecule has 124 valence electrons. The van der Waals surface area contributed by atoms with Crippen LogP contribution in [0.25, 0.3) is 0 Å². The van der Waals surface area contributed by atoms with E-state index < -0.39 is 0 Å². The highest BCUT2D eigenvalue weighted by Crippen LogP contribution is 2.39. The van der Waals surface area contributed by atoms with Gasteiger partial charge in [-0.25, -0.2) is 0 Å². The molecule has 24 heavy (non-hydrogen) atoms. The Morgan fingerprint density at radius 1 is 1.29 bits per heavy atom. The summed E-state index contributed by atoms with van der Waals surface area (Å²) < 4.78 is 11.8. The van der Waals surface area contributed by atoms with Crippen molar-refractivity contribution in [3.63, 3.8) is 0 Å². The summed E-state index contributed by atoms with van der Waals surface area (Å²) in [5, 5.41) is 0. The van der Waals surface area contributed by atoms with E-state index >= 15 is 0 Å². The van der Waals surface area contributed by atoms with Gasteiger partial charge in [-0.05, 0) is 24.3 Å². The minimum absolute atomic E-state index is 0.0459. The van der Waals surface area contributed by atoms with E-state index in [0.29, 0.717) is 13.2 Å². The Labute approximate surface area is 140 Å². The number of ether oxygens (including phenoxy) is 2. The van der Waals surface area contributed by atoms with Crippen LogP contribution in [0.3, 0.4) is 0 Å². The first-order valence-electron chi connectivity index (χ1n) is 8.14. The van der Waals surface area contributed by atoms with Crippen molar-refractivity contribution in [1.29, 1.82) is 0 Å². The van der Waals surface area contributed by atoms with Crippen LogP contribution in [-0.2, 0) is 4.79 Å². The zero-order valence-electron chi connectivity index (χ0n) is 13.3. The van der Waals surface area contributed by atoms with Gasteiger partial charge >= 0.3 is 0 Å². The number of carbonyl (C=O) groups is 1. The van der Waals surface area contributed by atoms with Crippen LogP contribution in [0.15, 0.2) is 42.7 Å². The molecule has 1 saturated heterocycles. The van der Waals surface area contributed by atoms with Crippen molar-refractivity contribution >= 4 is 17.8 Å². The molecule has 2 aliphatic rings. The first-order chi connectivity index (χ1) is 11.8. The maximum Gasteiger partial charge on any atom is 0.209 e. The number of anilines is 2. The largest absolute Gasteiger partial charge is 0.490 e. The molecule has 0 bridgehead atoms. The van der Waals surface area contributed by atoms with Crippen molar-refractivity contribution in [1.82, 2.24) is 9.88 Å². The van der Waals surface area contributed by atoms with Gasteiger partial charge in [0.2, 0.25) is 6.41 Å². The van der Waals surface area contributed by atoms with E-state index in [9.17, 15) is 4.79 Å². The molecule has 3 heterocycles. The predicted octanol–water partition coefficient (Wildman–Crippen LogP) is 2.22. The van der Waals surface area contributed by atoms with Crippen LogP contribution in [0.4, 0.5) is 11.4 Å². The molecule has 2 aliphatic heterocycles. The van der Waals surface area contributed by atoms with Gasteiger partial charge in [-0.3, -0.25) is 9.78 Å². The SMILES string of the molecule is O=CN1CC[C@H](Oc2ccc3c(c2)N(c2cccnc2)CCO3)C1. The van der Waals surface area contributed by atoms with E-state index in [1.807, 2.05) is 36.5 Å². The molecule has 4 rings (SSSR count). The predicted molar refractivity (Wildman–Crippen MR) is 89.9 cm³/mol. The van der Waals surface area contributed by atoms with Gasteiger partial charge in [0.05, 0.1) is 30.7 Å². The highest BCUT2D eigenvalue weighted by atomic mass is 16.5. The van der Waals surface area contributed by atoms with Crippen LogP contribution in [0.1, 0.15) is 6.42 Å². The number of fused-ring (bicyclic) bond motifs is 1. The zero-order valence-corrected chi connectivity index (χ0v) is 13.3. The molecule has 2 aromatic rings. The van der Waals surface area contributed by atoms with E-state index in [0.717, 1.165) is 48.8 Å². The third-order valence-corrected chi connectivity index (χ3v) is 4.38. The Morgan fingerprint density at radius 2 is 2.25 bits per heavy atom. The van der Waals surface area contributed by atoms with Gasteiger partial charge < -0.3 is 19.3 Å². The minimum atomic E-state index is 0.0459. The fourth-order valence-corrected chi connectivity index (χ4v) is 3.19. The summed E-state index contributed by atoms with van der Waals surface area (Å²) in [6, 6.07) is 9.84. The molecule has 1 aromatic heterocycles. The Morgan fingerprint density at radius 3 is 3.04 bits per heavy atom. The van der Waals surface area contributed by atoms with E-state index in [-0.39, 0.29) is 6.10 Å². The number of hydrogen-bond donors (Lipinski definition) is 0. The maximum atomic E-state index is 10.8. The van der Waals surface area contributed by atoms with Crippen molar-refractivity contribution in [3.8, 4) is 11.5 Å². The standard InChI is InChI=1S/C18H19N3O3/c22-13-20-7-5-16(12-20)24-15-3-4-18-17(10-15)21(8-9-23-18)14-2-1-6-19-11-14/h1-4,6,10-11,13,16H,5,7-9,12H2/t16-/m0/s1. The fourth-order valence-electron chi connectivity index (χ4n) is 3.19. The van der Waals surface area contributed by atoms with Crippen molar-refractivity contribution in [2.75, 3.05) is 31.1 Å².